The molecule has 0 aliphatic carbocycles. The van der Waals surface area contributed by atoms with Gasteiger partial charge in [0, 0.05) is 38.8 Å². The molecule has 9 nitrogen and oxygen atoms in total. The number of carbonyl (C=O) groups is 1. The van der Waals surface area contributed by atoms with Gasteiger partial charge in [-0.1, -0.05) is 30.0 Å². The molecule has 2 heterocycles. The fourth-order valence-corrected chi connectivity index (χ4v) is 4.00. The van der Waals surface area contributed by atoms with Crippen LogP contribution in [0.2, 0.25) is 0 Å². The summed E-state index contributed by atoms with van der Waals surface area (Å²) in [6.45, 7) is 8.38. The van der Waals surface area contributed by atoms with Crippen LogP contribution in [0.4, 0.5) is 11.4 Å². The summed E-state index contributed by atoms with van der Waals surface area (Å²) >= 11 is 1.36. The fraction of sp³-hybridized carbons (Fsp3) is 0.389. The number of hydrogen-bond acceptors (Lipinski definition) is 7. The van der Waals surface area contributed by atoms with E-state index < -0.39 is 0 Å². The van der Waals surface area contributed by atoms with E-state index >= 15 is 0 Å². The second-order valence-electron chi connectivity index (χ2n) is 6.33. The Bertz CT molecular complexity index is 876. The zero-order valence-corrected chi connectivity index (χ0v) is 16.5. The Balaban J connectivity index is 1.56. The van der Waals surface area contributed by atoms with E-state index in [0.29, 0.717) is 43.6 Å². The molecule has 1 aromatic heterocycles. The van der Waals surface area contributed by atoms with Crippen molar-refractivity contribution < 1.29 is 9.72 Å². The molecule has 0 radical (unpaired) electrons. The lowest BCUT2D eigenvalue weighted by atomic mass is 10.2. The van der Waals surface area contributed by atoms with Crippen molar-refractivity contribution in [3.8, 4) is 0 Å². The second kappa shape index (κ2) is 8.87. The maximum atomic E-state index is 12.6. The van der Waals surface area contributed by atoms with Crippen molar-refractivity contribution in [2.24, 2.45) is 0 Å². The van der Waals surface area contributed by atoms with Crippen LogP contribution in [0.3, 0.4) is 0 Å². The van der Waals surface area contributed by atoms with E-state index in [2.05, 4.69) is 16.8 Å². The third-order valence-corrected chi connectivity index (χ3v) is 5.54. The monoisotopic (exact) mass is 402 g/mol. The Hall–Kier alpha value is -2.88. The summed E-state index contributed by atoms with van der Waals surface area (Å²) in [4.78, 5) is 27.2. The number of piperazine rings is 1. The van der Waals surface area contributed by atoms with E-state index in [0.717, 1.165) is 5.82 Å². The van der Waals surface area contributed by atoms with Gasteiger partial charge >= 0.3 is 0 Å². The van der Waals surface area contributed by atoms with Crippen molar-refractivity contribution in [1.82, 2.24) is 19.7 Å². The van der Waals surface area contributed by atoms with E-state index in [1.165, 1.54) is 17.8 Å². The largest absolute Gasteiger partial charge is 0.362 e. The lowest BCUT2D eigenvalue weighted by Gasteiger charge is -2.35. The summed E-state index contributed by atoms with van der Waals surface area (Å²) in [6, 6.07) is 6.70. The van der Waals surface area contributed by atoms with Crippen LogP contribution < -0.4 is 4.90 Å². The normalized spacial score (nSPS) is 14.2. The van der Waals surface area contributed by atoms with Gasteiger partial charge in [-0.2, -0.15) is 0 Å². The number of anilines is 1. The zero-order chi connectivity index (χ0) is 20.1. The number of para-hydroxylation sites is 2. The molecule has 3 rings (SSSR count). The molecule has 1 saturated heterocycles. The van der Waals surface area contributed by atoms with Crippen molar-refractivity contribution in [3.63, 3.8) is 0 Å². The molecule has 0 N–H and O–H groups in total. The van der Waals surface area contributed by atoms with Crippen LogP contribution in [-0.4, -0.2) is 62.4 Å². The van der Waals surface area contributed by atoms with Gasteiger partial charge in [0.2, 0.25) is 5.91 Å². The first-order chi connectivity index (χ1) is 13.5. The number of nitrogens with zero attached hydrogens (tertiary/aromatic N) is 6. The van der Waals surface area contributed by atoms with Crippen LogP contribution in [0.25, 0.3) is 0 Å². The van der Waals surface area contributed by atoms with Crippen molar-refractivity contribution in [1.29, 1.82) is 0 Å². The number of allylic oxidation sites excluding steroid dienone is 1. The highest BCUT2D eigenvalue weighted by atomic mass is 32.2. The molecular formula is C18H22N6O3S. The van der Waals surface area contributed by atoms with Crippen LogP contribution >= 0.6 is 11.8 Å². The highest BCUT2D eigenvalue weighted by Crippen LogP contribution is 2.28. The molecule has 148 valence electrons. The number of hydrogen-bond donors (Lipinski definition) is 0. The first kappa shape index (κ1) is 19.9. The third-order valence-electron chi connectivity index (χ3n) is 4.59. The molecule has 1 amide bonds. The van der Waals surface area contributed by atoms with Crippen molar-refractivity contribution in [2.75, 3.05) is 36.8 Å². The summed E-state index contributed by atoms with van der Waals surface area (Å²) in [6.07, 6.45) is 1.77. The standard InChI is InChI=1S/C18H22N6O3S/c1-3-8-23-14(2)19-20-18(23)28-13-17(25)22-11-9-21(10-12-22)15-6-4-5-7-16(15)24(26)27/h3-7H,1,8-13H2,2H3. The van der Waals surface area contributed by atoms with E-state index in [-0.39, 0.29) is 22.3 Å². The molecule has 28 heavy (non-hydrogen) atoms. The van der Waals surface area contributed by atoms with Crippen LogP contribution in [0.5, 0.6) is 0 Å². The fourth-order valence-electron chi connectivity index (χ4n) is 3.11. The van der Waals surface area contributed by atoms with E-state index in [9.17, 15) is 14.9 Å². The zero-order valence-electron chi connectivity index (χ0n) is 15.7. The van der Waals surface area contributed by atoms with Gasteiger partial charge in [0.25, 0.3) is 5.69 Å². The first-order valence-electron chi connectivity index (χ1n) is 8.91. The molecule has 1 fully saturated rings. The molecule has 1 aliphatic rings. The Labute approximate surface area is 167 Å². The number of carbonyl (C=O) groups excluding carboxylic acids is 1. The number of thioether (sulfide) groups is 1. The van der Waals surface area contributed by atoms with Gasteiger partial charge in [-0.05, 0) is 13.0 Å². The minimum absolute atomic E-state index is 0.0259. The average molecular weight is 402 g/mol. The predicted octanol–water partition coefficient (Wildman–Crippen LogP) is 2.12. The minimum Gasteiger partial charge on any atom is -0.362 e. The van der Waals surface area contributed by atoms with Gasteiger partial charge in [-0.3, -0.25) is 14.9 Å². The predicted molar refractivity (Wildman–Crippen MR) is 108 cm³/mol. The van der Waals surface area contributed by atoms with Crippen LogP contribution in [0.1, 0.15) is 5.82 Å². The van der Waals surface area contributed by atoms with Gasteiger partial charge < -0.3 is 14.4 Å². The molecular weight excluding hydrogens is 380 g/mol. The average Bonchev–Trinajstić information content (AvgIpc) is 3.06. The summed E-state index contributed by atoms with van der Waals surface area (Å²) in [7, 11) is 0. The SMILES string of the molecule is C=CCn1c(C)nnc1SCC(=O)N1CCN(c2ccccc2[N+](=O)[O-])CC1. The van der Waals surface area contributed by atoms with Gasteiger partial charge in [0.1, 0.15) is 11.5 Å². The smallest absolute Gasteiger partial charge is 0.292 e. The van der Waals surface area contributed by atoms with Crippen molar-refractivity contribution in [2.45, 2.75) is 18.6 Å². The number of nitro benzene ring substituents is 1. The molecule has 0 saturated carbocycles. The molecule has 0 spiro atoms. The van der Waals surface area contributed by atoms with Crippen molar-refractivity contribution >= 4 is 29.0 Å². The lowest BCUT2D eigenvalue weighted by molar-refractivity contribution is -0.384. The molecule has 1 aromatic carbocycles. The maximum absolute atomic E-state index is 12.6. The van der Waals surface area contributed by atoms with Gasteiger partial charge in [-0.15, -0.1) is 16.8 Å². The highest BCUT2D eigenvalue weighted by molar-refractivity contribution is 7.99. The van der Waals surface area contributed by atoms with Gasteiger partial charge in [0.15, 0.2) is 5.16 Å². The summed E-state index contributed by atoms with van der Waals surface area (Å²) in [5.74, 6) is 1.09. The maximum Gasteiger partial charge on any atom is 0.292 e. The minimum atomic E-state index is -0.370. The van der Waals surface area contributed by atoms with Gasteiger partial charge in [0.05, 0.1) is 10.7 Å². The summed E-state index contributed by atoms with van der Waals surface area (Å²) < 4.78 is 1.91. The Morgan fingerprint density at radius 3 is 2.68 bits per heavy atom. The summed E-state index contributed by atoms with van der Waals surface area (Å²) in [5, 5.41) is 20.1. The first-order valence-corrected chi connectivity index (χ1v) is 9.89. The number of benzene rings is 1. The molecule has 2 aromatic rings. The Kier molecular flexibility index (Phi) is 6.30. The van der Waals surface area contributed by atoms with E-state index in [1.54, 1.807) is 29.2 Å². The Morgan fingerprint density at radius 2 is 2.00 bits per heavy atom. The second-order valence-corrected chi connectivity index (χ2v) is 7.27. The van der Waals surface area contributed by atoms with E-state index in [4.69, 9.17) is 0 Å². The third kappa shape index (κ3) is 4.33. The number of aryl methyl sites for hydroxylation is 1. The molecule has 10 heteroatoms. The topological polar surface area (TPSA) is 97.4 Å². The molecule has 0 unspecified atom stereocenters. The number of amides is 1. The Morgan fingerprint density at radius 1 is 1.29 bits per heavy atom. The number of aromatic nitrogens is 3. The molecule has 1 aliphatic heterocycles. The number of rotatable bonds is 7. The molecule has 0 atom stereocenters. The quantitative estimate of drug-likeness (QED) is 0.303. The highest BCUT2D eigenvalue weighted by Gasteiger charge is 2.25. The van der Waals surface area contributed by atoms with Crippen LogP contribution in [0, 0.1) is 17.0 Å². The van der Waals surface area contributed by atoms with Crippen LogP contribution in [0.15, 0.2) is 42.1 Å². The summed E-state index contributed by atoms with van der Waals surface area (Å²) in [5.41, 5.74) is 0.691. The lowest BCUT2D eigenvalue weighted by Crippen LogP contribution is -2.49. The van der Waals surface area contributed by atoms with Crippen LogP contribution in [-0.2, 0) is 11.3 Å². The van der Waals surface area contributed by atoms with Crippen molar-refractivity contribution in [3.05, 3.63) is 52.9 Å². The molecule has 0 bridgehead atoms. The van der Waals surface area contributed by atoms with E-state index in [1.807, 2.05) is 16.4 Å². The van der Waals surface area contributed by atoms with Gasteiger partial charge in [-0.25, -0.2) is 0 Å². The number of nitro groups is 1.